The molecule has 0 radical (unpaired) electrons. The summed E-state index contributed by atoms with van der Waals surface area (Å²) in [7, 11) is 2.85. The quantitative estimate of drug-likeness (QED) is 0.0313. The number of carbonyl (C=O) groups is 9. The number of rotatable bonds is 15. The Morgan fingerprint density at radius 2 is 1.47 bits per heavy atom. The number of halogens is 3. The summed E-state index contributed by atoms with van der Waals surface area (Å²) in [5.74, 6) is -11.3. The molecular weight excluding hydrogens is 1530 g/mol. The number of ketones is 3. The number of Topliss-reactive ketones (excluding diaryl/α,β-unsaturated/α-hetero) is 3. The minimum Gasteiger partial charge on any atom is -0.462 e. The SMILES string of the molecule is CO[C@@H]1C[C@H](C[C@@H](C)[C@@H]2CC(=O)[C@H](C)/C=C(\C)[C@@H](O)[C@@H](OC)C(=O)[C@H](C)C[C@H](C)/C=C/C=C/C=C(\C)[C@@H](O)C[C@@H]3CC[C@@H](C)[C@@](O)(O3)C(=O)C(=O)N3CCCC[C@H]3C(=O)O2)CC[C@H]1OC(=O)CCC(O)CCOC(=O)c1c(I)c(NC(C)=O)c(I)c(NC(C)=O)c1I. The van der Waals surface area contributed by atoms with Crippen LogP contribution in [0.25, 0.3) is 0 Å². The van der Waals surface area contributed by atoms with Gasteiger partial charge in [-0.05, 0) is 181 Å². The zero-order valence-electron chi connectivity index (χ0n) is 54.6. The second kappa shape index (κ2) is 36.9. The number of hydrogen-bond acceptors (Lipinski definition) is 19. The number of methoxy groups -OCH3 is 2. The van der Waals surface area contributed by atoms with Crippen molar-refractivity contribution in [1.82, 2.24) is 4.90 Å². The first-order valence-electron chi connectivity index (χ1n) is 31.8. The summed E-state index contributed by atoms with van der Waals surface area (Å²) >= 11 is 5.83. The number of nitrogens with zero attached hydrogens (tertiary/aromatic N) is 1. The zero-order chi connectivity index (χ0) is 68.5. The number of benzene rings is 1. The molecule has 4 aliphatic rings. The van der Waals surface area contributed by atoms with E-state index in [4.69, 9.17) is 28.4 Å². The Hall–Kier alpha value is -4.08. The van der Waals surface area contributed by atoms with Crippen LogP contribution in [0.4, 0.5) is 11.4 Å². The van der Waals surface area contributed by atoms with E-state index in [1.165, 1.54) is 28.1 Å². The third-order valence-corrected chi connectivity index (χ3v) is 21.2. The second-order valence-electron chi connectivity index (χ2n) is 25.4. The number of amides is 3. The fourth-order valence-corrected chi connectivity index (χ4v) is 16.5. The van der Waals surface area contributed by atoms with Crippen LogP contribution < -0.4 is 10.6 Å². The Kier molecular flexibility index (Phi) is 31.5. The summed E-state index contributed by atoms with van der Waals surface area (Å²) < 4.78 is 36.7. The minimum atomic E-state index is -2.55. The van der Waals surface area contributed by atoms with Gasteiger partial charge in [-0.25, -0.2) is 9.59 Å². The van der Waals surface area contributed by atoms with Crippen LogP contribution >= 0.6 is 67.8 Å². The van der Waals surface area contributed by atoms with Crippen LogP contribution in [0.3, 0.4) is 0 Å². The molecule has 0 aromatic heterocycles. The number of hydrogen-bond donors (Lipinski definition) is 6. The molecule has 1 unspecified atom stereocenters. The molecule has 16 atom stereocenters. The zero-order valence-corrected chi connectivity index (χ0v) is 61.1. The monoisotopic (exact) mass is 1630 g/mol. The predicted molar refractivity (Wildman–Crippen MR) is 368 cm³/mol. The van der Waals surface area contributed by atoms with Gasteiger partial charge in [-0.15, -0.1) is 0 Å². The summed E-state index contributed by atoms with van der Waals surface area (Å²) in [6.45, 7) is 14.6. The van der Waals surface area contributed by atoms with Crippen molar-refractivity contribution >= 4 is 132 Å². The molecule has 0 spiro atoms. The van der Waals surface area contributed by atoms with E-state index in [0.29, 0.717) is 91.0 Å². The van der Waals surface area contributed by atoms with Gasteiger partial charge in [0.25, 0.3) is 11.7 Å². The van der Waals surface area contributed by atoms with Gasteiger partial charge in [-0.2, -0.15) is 0 Å². The van der Waals surface area contributed by atoms with E-state index in [9.17, 15) is 63.6 Å². The van der Waals surface area contributed by atoms with Gasteiger partial charge in [0.05, 0.1) is 58.7 Å². The molecule has 1 aliphatic carbocycles. The van der Waals surface area contributed by atoms with E-state index < -0.39 is 114 Å². The van der Waals surface area contributed by atoms with E-state index in [-0.39, 0.29) is 92.5 Å². The average Bonchev–Trinajstić information content (AvgIpc) is 0.829. The molecular formula is C67H94I3N3O19. The highest BCUT2D eigenvalue weighted by molar-refractivity contribution is 14.1. The molecule has 5 rings (SSSR count). The lowest BCUT2D eigenvalue weighted by atomic mass is 9.78. The van der Waals surface area contributed by atoms with Gasteiger partial charge in [-0.1, -0.05) is 71.1 Å². The fourth-order valence-electron chi connectivity index (χ4n) is 12.4. The molecule has 22 nitrogen and oxygen atoms in total. The Morgan fingerprint density at radius 3 is 2.10 bits per heavy atom. The number of anilines is 2. The number of nitrogens with one attached hydrogen (secondary N) is 2. The Bertz CT molecular complexity index is 2910. The number of carbonyl (C=O) groups excluding carboxylic acids is 9. The molecule has 3 heterocycles. The van der Waals surface area contributed by atoms with Gasteiger partial charge in [0, 0.05) is 78.0 Å². The number of cyclic esters (lactones) is 1. The highest BCUT2D eigenvalue weighted by atomic mass is 127. The first-order valence-corrected chi connectivity index (χ1v) is 35.0. The average molecular weight is 1630 g/mol. The summed E-state index contributed by atoms with van der Waals surface area (Å²) in [4.78, 5) is 124. The van der Waals surface area contributed by atoms with E-state index in [1.54, 1.807) is 58.9 Å². The van der Waals surface area contributed by atoms with Crippen molar-refractivity contribution in [2.45, 2.75) is 219 Å². The molecule has 25 heteroatoms. The fraction of sp³-hybridized carbons (Fsp3) is 0.657. The lowest BCUT2D eigenvalue weighted by Crippen LogP contribution is -2.61. The minimum absolute atomic E-state index is 0.00155. The van der Waals surface area contributed by atoms with Crippen LogP contribution in [0.1, 0.15) is 169 Å². The molecule has 92 heavy (non-hydrogen) atoms. The highest BCUT2D eigenvalue weighted by Crippen LogP contribution is 2.41. The van der Waals surface area contributed by atoms with E-state index >= 15 is 0 Å². The molecule has 3 amide bonds. The number of piperidine rings is 1. The summed E-state index contributed by atoms with van der Waals surface area (Å²) in [5, 5.41) is 51.1. The predicted octanol–water partition coefficient (Wildman–Crippen LogP) is 9.20. The van der Waals surface area contributed by atoms with Crippen molar-refractivity contribution in [2.24, 2.45) is 35.5 Å². The Balaban J connectivity index is 1.31. The highest BCUT2D eigenvalue weighted by Gasteiger charge is 2.53. The number of fused-ring (bicyclic) bond motifs is 3. The molecule has 1 aromatic rings. The lowest BCUT2D eigenvalue weighted by molar-refractivity contribution is -0.265. The normalized spacial score (nSPS) is 32.1. The summed E-state index contributed by atoms with van der Waals surface area (Å²) in [6, 6.07) is -1.25. The molecule has 1 saturated carbocycles. The van der Waals surface area contributed by atoms with Crippen LogP contribution in [-0.2, 0) is 66.8 Å². The maximum absolute atomic E-state index is 14.7. The second-order valence-corrected chi connectivity index (χ2v) is 28.6. The molecule has 2 bridgehead atoms. The first-order chi connectivity index (χ1) is 43.3. The van der Waals surface area contributed by atoms with Crippen molar-refractivity contribution < 1.29 is 92.0 Å². The molecule has 3 aliphatic heterocycles. The lowest BCUT2D eigenvalue weighted by Gasteiger charge is -2.42. The first kappa shape index (κ1) is 78.6. The summed E-state index contributed by atoms with van der Waals surface area (Å²) in [5.41, 5.74) is 1.70. The molecule has 512 valence electrons. The van der Waals surface area contributed by atoms with Crippen LogP contribution in [0.5, 0.6) is 0 Å². The standard InChI is InChI=1S/C67H94I3N3O19/c1-35-17-13-12-14-18-36(2)48(77)33-46-23-20-41(7)67(86,92-46)63(82)64(83)73-27-16-15-19-47(73)65(84)91-51(34-49(78)37(3)30-40(6)61(81)62(88-11)60(80)39(5)29-35)38(4)31-44-21-24-50(52(32-44)87-10)90-53(79)25-22-45(76)26-28-89-66(85)54-55(68)58(71-42(8)74)57(70)59(56(54)69)72-43(9)75/h12-14,17-18,30,35,37-39,41,44-48,50-52,61-62,76-77,81,86H,15-16,19-29,31-34H2,1-11H3,(H,71,74)(H,72,75)/b14-12+,17-13+,36-18+,40-30+/t35-,37-,38-,39-,41-,44+,45?,46+,47+,48+,50-,51+,52-,61-,62+,67-/m1/s1. The van der Waals surface area contributed by atoms with Gasteiger partial charge in [0.1, 0.15) is 36.2 Å². The van der Waals surface area contributed by atoms with Gasteiger partial charge in [0.15, 0.2) is 5.78 Å². The van der Waals surface area contributed by atoms with Crippen molar-refractivity contribution in [3.63, 3.8) is 0 Å². The van der Waals surface area contributed by atoms with Crippen LogP contribution in [-0.4, -0.2) is 166 Å². The third kappa shape index (κ3) is 21.7. The Labute approximate surface area is 581 Å². The van der Waals surface area contributed by atoms with Gasteiger partial charge in [0.2, 0.25) is 17.6 Å². The maximum Gasteiger partial charge on any atom is 0.340 e. The number of esters is 3. The molecule has 6 N–H and O–H groups in total. The molecule has 2 saturated heterocycles. The van der Waals surface area contributed by atoms with Crippen molar-refractivity contribution in [2.75, 3.05) is 38.0 Å². The van der Waals surface area contributed by atoms with Crippen LogP contribution in [0.2, 0.25) is 0 Å². The van der Waals surface area contributed by atoms with Crippen molar-refractivity contribution in [1.29, 1.82) is 0 Å². The van der Waals surface area contributed by atoms with Gasteiger partial charge >= 0.3 is 17.9 Å². The Morgan fingerprint density at radius 1 is 0.804 bits per heavy atom. The number of allylic oxidation sites excluding steroid dienone is 6. The molecule has 1 aromatic carbocycles. The molecule has 3 fully saturated rings. The number of aliphatic hydroxyl groups excluding tert-OH is 3. The van der Waals surface area contributed by atoms with Crippen molar-refractivity contribution in [3.8, 4) is 0 Å². The largest absolute Gasteiger partial charge is 0.462 e. The van der Waals surface area contributed by atoms with Gasteiger partial charge in [-0.3, -0.25) is 33.6 Å². The smallest absolute Gasteiger partial charge is 0.340 e. The van der Waals surface area contributed by atoms with Crippen molar-refractivity contribution in [3.05, 3.63) is 63.9 Å². The van der Waals surface area contributed by atoms with Crippen LogP contribution in [0, 0.1) is 46.2 Å². The third-order valence-electron chi connectivity index (χ3n) is 18.0. The summed E-state index contributed by atoms with van der Waals surface area (Å²) in [6.07, 6.45) is 6.49. The number of ether oxygens (including phenoxy) is 6. The van der Waals surface area contributed by atoms with Crippen LogP contribution in [0.15, 0.2) is 47.6 Å². The van der Waals surface area contributed by atoms with E-state index in [2.05, 4.69) is 10.6 Å². The number of aliphatic hydroxyl groups is 4. The van der Waals surface area contributed by atoms with Gasteiger partial charge < -0.3 is 64.4 Å². The van der Waals surface area contributed by atoms with E-state index in [1.807, 2.05) is 93.8 Å². The maximum atomic E-state index is 14.7. The topological polar surface area (TPSA) is 317 Å². The van der Waals surface area contributed by atoms with E-state index in [0.717, 1.165) is 4.90 Å².